The van der Waals surface area contributed by atoms with Crippen molar-refractivity contribution >= 4 is 57.9 Å². The van der Waals surface area contributed by atoms with E-state index in [-0.39, 0.29) is 11.1 Å². The Morgan fingerprint density at radius 1 is 0.900 bits per heavy atom. The molecule has 0 saturated carbocycles. The number of carbonyl (C=O) groups excluding carboxylic acids is 2. The monoisotopic (exact) mass is 455 g/mol. The van der Waals surface area contributed by atoms with Gasteiger partial charge in [0.25, 0.3) is 11.1 Å². The summed E-state index contributed by atoms with van der Waals surface area (Å²) in [7, 11) is 0. The van der Waals surface area contributed by atoms with Crippen molar-refractivity contribution < 1.29 is 14.3 Å². The lowest BCUT2D eigenvalue weighted by molar-refractivity contribution is -0.113. The molecule has 3 aromatic rings. The highest BCUT2D eigenvalue weighted by atomic mass is 35.5. The molecule has 7 heteroatoms. The molecule has 30 heavy (non-hydrogen) atoms. The largest absolute Gasteiger partial charge is 0.489 e. The zero-order chi connectivity index (χ0) is 21.1. The Balaban J connectivity index is 1.45. The van der Waals surface area contributed by atoms with Crippen LogP contribution >= 0.6 is 35.0 Å². The molecule has 1 aliphatic heterocycles. The second-order valence-electron chi connectivity index (χ2n) is 6.48. The first-order valence-electron chi connectivity index (χ1n) is 9.00. The molecule has 0 unspecified atom stereocenters. The van der Waals surface area contributed by atoms with Gasteiger partial charge in [0.1, 0.15) is 12.4 Å². The van der Waals surface area contributed by atoms with Gasteiger partial charge in [-0.1, -0.05) is 53.5 Å². The number of rotatable bonds is 5. The Bertz CT molecular complexity index is 1130. The minimum absolute atomic E-state index is 0.351. The summed E-state index contributed by atoms with van der Waals surface area (Å²) in [6.45, 7) is 0.426. The standard InChI is InChI=1S/C23H15Cl2NO3S/c24-17-8-4-16(5-9-17)14-29-20-10-6-15(7-11-20)12-21-22(27)26(23(28)30-21)19-3-1-2-18(25)13-19/h1-13H,14H2/b21-12+. The van der Waals surface area contributed by atoms with Gasteiger partial charge in [-0.25, -0.2) is 4.90 Å². The summed E-state index contributed by atoms with van der Waals surface area (Å²) in [6, 6.07) is 21.4. The van der Waals surface area contributed by atoms with E-state index in [4.69, 9.17) is 27.9 Å². The molecule has 1 heterocycles. The summed E-state index contributed by atoms with van der Waals surface area (Å²) >= 11 is 12.8. The third kappa shape index (κ3) is 4.70. The van der Waals surface area contributed by atoms with Crippen molar-refractivity contribution in [2.45, 2.75) is 6.61 Å². The van der Waals surface area contributed by atoms with Crippen LogP contribution in [0, 0.1) is 0 Å². The fourth-order valence-electron chi connectivity index (χ4n) is 2.86. The van der Waals surface area contributed by atoms with Gasteiger partial charge in [-0.3, -0.25) is 9.59 Å². The Hall–Kier alpha value is -2.73. The van der Waals surface area contributed by atoms with Crippen LogP contribution in [0.25, 0.3) is 6.08 Å². The molecular weight excluding hydrogens is 441 g/mol. The number of nitrogens with zero attached hydrogens (tertiary/aromatic N) is 1. The Morgan fingerprint density at radius 2 is 1.63 bits per heavy atom. The number of amides is 2. The van der Waals surface area contributed by atoms with Gasteiger partial charge in [0, 0.05) is 10.0 Å². The number of imide groups is 1. The summed E-state index contributed by atoms with van der Waals surface area (Å²) in [5.41, 5.74) is 2.27. The summed E-state index contributed by atoms with van der Waals surface area (Å²) < 4.78 is 5.77. The second-order valence-corrected chi connectivity index (χ2v) is 8.35. The third-order valence-corrected chi connectivity index (χ3v) is 5.71. The van der Waals surface area contributed by atoms with Crippen LogP contribution in [-0.2, 0) is 11.4 Å². The fourth-order valence-corrected chi connectivity index (χ4v) is 4.02. The number of hydrogen-bond acceptors (Lipinski definition) is 4. The molecule has 4 nitrogen and oxygen atoms in total. The van der Waals surface area contributed by atoms with Crippen molar-refractivity contribution in [1.82, 2.24) is 0 Å². The van der Waals surface area contributed by atoms with Gasteiger partial charge in [0.2, 0.25) is 0 Å². The van der Waals surface area contributed by atoms with Crippen LogP contribution in [0.15, 0.2) is 77.7 Å². The molecule has 1 aliphatic rings. The van der Waals surface area contributed by atoms with Crippen molar-refractivity contribution in [3.05, 3.63) is 98.9 Å². The van der Waals surface area contributed by atoms with Gasteiger partial charge >= 0.3 is 0 Å². The average molecular weight is 456 g/mol. The Labute approximate surface area is 188 Å². The van der Waals surface area contributed by atoms with Crippen molar-refractivity contribution in [2.24, 2.45) is 0 Å². The Kier molecular flexibility index (Phi) is 6.13. The number of carbonyl (C=O) groups is 2. The van der Waals surface area contributed by atoms with Crippen molar-refractivity contribution in [2.75, 3.05) is 4.90 Å². The number of halogens is 2. The predicted molar refractivity (Wildman–Crippen MR) is 122 cm³/mol. The number of thioether (sulfide) groups is 1. The lowest BCUT2D eigenvalue weighted by Crippen LogP contribution is -2.27. The van der Waals surface area contributed by atoms with Gasteiger partial charge in [0.15, 0.2) is 0 Å². The molecular formula is C23H15Cl2NO3S. The summed E-state index contributed by atoms with van der Waals surface area (Å²) in [5.74, 6) is 0.337. The van der Waals surface area contributed by atoms with Crippen LogP contribution < -0.4 is 9.64 Å². The normalized spacial score (nSPS) is 15.1. The van der Waals surface area contributed by atoms with Gasteiger partial charge in [-0.15, -0.1) is 0 Å². The fraction of sp³-hybridized carbons (Fsp3) is 0.0435. The topological polar surface area (TPSA) is 46.6 Å². The summed E-state index contributed by atoms with van der Waals surface area (Å²) in [4.78, 5) is 26.6. The van der Waals surface area contributed by atoms with E-state index in [2.05, 4.69) is 0 Å². The van der Waals surface area contributed by atoms with Gasteiger partial charge < -0.3 is 4.74 Å². The maximum Gasteiger partial charge on any atom is 0.298 e. The van der Waals surface area contributed by atoms with E-state index in [0.717, 1.165) is 27.8 Å². The Morgan fingerprint density at radius 3 is 2.33 bits per heavy atom. The smallest absolute Gasteiger partial charge is 0.298 e. The first-order chi connectivity index (χ1) is 14.5. The van der Waals surface area contributed by atoms with Crippen LogP contribution in [0.4, 0.5) is 10.5 Å². The molecule has 0 radical (unpaired) electrons. The van der Waals surface area contributed by atoms with Crippen LogP contribution in [0.3, 0.4) is 0 Å². The van der Waals surface area contributed by atoms with Crippen molar-refractivity contribution in [1.29, 1.82) is 0 Å². The van der Waals surface area contributed by atoms with E-state index in [0.29, 0.717) is 33.0 Å². The molecule has 4 rings (SSSR count). The van der Waals surface area contributed by atoms with E-state index in [9.17, 15) is 9.59 Å². The summed E-state index contributed by atoms with van der Waals surface area (Å²) in [5, 5.41) is 0.795. The first kappa shape index (κ1) is 20.5. The number of benzene rings is 3. The van der Waals surface area contributed by atoms with Gasteiger partial charge in [-0.2, -0.15) is 0 Å². The van der Waals surface area contributed by atoms with Crippen molar-refractivity contribution in [3.63, 3.8) is 0 Å². The SMILES string of the molecule is O=C1S/C(=C/c2ccc(OCc3ccc(Cl)cc3)cc2)C(=O)N1c1cccc(Cl)c1. The maximum atomic E-state index is 12.7. The van der Waals surface area contributed by atoms with E-state index < -0.39 is 0 Å². The first-order valence-corrected chi connectivity index (χ1v) is 10.6. The van der Waals surface area contributed by atoms with Crippen molar-refractivity contribution in [3.8, 4) is 5.75 Å². The predicted octanol–water partition coefficient (Wildman–Crippen LogP) is 6.81. The zero-order valence-corrected chi connectivity index (χ0v) is 17.9. The highest BCUT2D eigenvalue weighted by molar-refractivity contribution is 8.19. The van der Waals surface area contributed by atoms with Crippen LogP contribution in [0.1, 0.15) is 11.1 Å². The van der Waals surface area contributed by atoms with E-state index in [1.54, 1.807) is 30.3 Å². The van der Waals surface area contributed by atoms with Crippen LogP contribution in [0.5, 0.6) is 5.75 Å². The van der Waals surface area contributed by atoms with Gasteiger partial charge in [-0.05, 0) is 71.4 Å². The number of anilines is 1. The van der Waals surface area contributed by atoms with E-state index in [1.165, 1.54) is 0 Å². The number of hydrogen-bond donors (Lipinski definition) is 0. The molecule has 150 valence electrons. The molecule has 3 aromatic carbocycles. The van der Waals surface area contributed by atoms with Crippen LogP contribution in [-0.4, -0.2) is 11.1 Å². The minimum Gasteiger partial charge on any atom is -0.489 e. The molecule has 0 bridgehead atoms. The molecule has 2 amide bonds. The highest BCUT2D eigenvalue weighted by Gasteiger charge is 2.36. The second kappa shape index (κ2) is 8.96. The third-order valence-electron chi connectivity index (χ3n) is 4.36. The molecule has 0 spiro atoms. The van der Waals surface area contributed by atoms with E-state index >= 15 is 0 Å². The lowest BCUT2D eigenvalue weighted by atomic mass is 10.2. The molecule has 0 N–H and O–H groups in total. The number of ether oxygens (including phenoxy) is 1. The van der Waals surface area contributed by atoms with Crippen LogP contribution in [0.2, 0.25) is 10.0 Å². The molecule has 1 saturated heterocycles. The average Bonchev–Trinajstić information content (AvgIpc) is 3.01. The minimum atomic E-state index is -0.365. The molecule has 0 aromatic heterocycles. The summed E-state index contributed by atoms with van der Waals surface area (Å²) in [6.07, 6.45) is 1.69. The zero-order valence-electron chi connectivity index (χ0n) is 15.5. The molecule has 1 fully saturated rings. The quantitative estimate of drug-likeness (QED) is 0.396. The highest BCUT2D eigenvalue weighted by Crippen LogP contribution is 2.36. The molecule has 0 aliphatic carbocycles. The van der Waals surface area contributed by atoms with E-state index in [1.807, 2.05) is 48.5 Å². The maximum absolute atomic E-state index is 12.7. The molecule has 0 atom stereocenters. The van der Waals surface area contributed by atoms with Gasteiger partial charge in [0.05, 0.1) is 10.6 Å². The lowest BCUT2D eigenvalue weighted by Gasteiger charge is -2.12.